The van der Waals surface area contributed by atoms with Crippen LogP contribution in [0, 0.1) is 15.2 Å². The van der Waals surface area contributed by atoms with Crippen LogP contribution in [-0.4, -0.2) is 9.78 Å². The van der Waals surface area contributed by atoms with E-state index in [2.05, 4.69) is 27.7 Å². The van der Waals surface area contributed by atoms with Crippen LogP contribution in [0.15, 0.2) is 54.9 Å². The minimum absolute atomic E-state index is 0.202. The number of benzene rings is 2. The third kappa shape index (κ3) is 3.29. The van der Waals surface area contributed by atoms with E-state index in [9.17, 15) is 8.78 Å². The number of halogens is 3. The fraction of sp³-hybridized carbons (Fsp3) is 0.0625. The van der Waals surface area contributed by atoms with Crippen molar-refractivity contribution >= 4 is 22.6 Å². The Balaban J connectivity index is 1.87. The van der Waals surface area contributed by atoms with Crippen LogP contribution in [0.5, 0.6) is 0 Å². The molecule has 0 amide bonds. The molecule has 0 N–H and O–H groups in total. The van der Waals surface area contributed by atoms with Crippen molar-refractivity contribution in [1.29, 1.82) is 0 Å². The van der Waals surface area contributed by atoms with Crippen LogP contribution in [0.2, 0.25) is 0 Å². The topological polar surface area (TPSA) is 17.8 Å². The standard InChI is InChI=1S/C16H11F2IN2/c17-14-4-5-16(18)12(6-14)9-21-10-13(8-20-21)11-2-1-3-15(19)7-11/h1-8,10H,9H2. The molecule has 0 saturated carbocycles. The molecule has 1 heterocycles. The molecule has 3 rings (SSSR count). The predicted molar refractivity (Wildman–Crippen MR) is 85.8 cm³/mol. The smallest absolute Gasteiger partial charge is 0.128 e. The van der Waals surface area contributed by atoms with E-state index in [0.717, 1.165) is 26.8 Å². The van der Waals surface area contributed by atoms with Gasteiger partial charge in [-0.1, -0.05) is 12.1 Å². The summed E-state index contributed by atoms with van der Waals surface area (Å²) in [6.07, 6.45) is 3.55. The first kappa shape index (κ1) is 14.2. The Bertz CT molecular complexity index is 783. The number of aromatic nitrogens is 2. The molecular formula is C16H11F2IN2. The second-order valence-corrected chi connectivity index (χ2v) is 5.92. The first-order valence-corrected chi connectivity index (χ1v) is 7.42. The molecule has 1 aromatic heterocycles. The van der Waals surface area contributed by atoms with E-state index in [1.54, 1.807) is 10.9 Å². The van der Waals surface area contributed by atoms with Gasteiger partial charge in [-0.05, 0) is 58.5 Å². The van der Waals surface area contributed by atoms with Gasteiger partial charge in [0, 0.05) is 20.9 Å². The average Bonchev–Trinajstić information content (AvgIpc) is 2.91. The lowest BCUT2D eigenvalue weighted by molar-refractivity contribution is 0.566. The highest BCUT2D eigenvalue weighted by molar-refractivity contribution is 14.1. The van der Waals surface area contributed by atoms with Gasteiger partial charge in [0.15, 0.2) is 0 Å². The van der Waals surface area contributed by atoms with E-state index < -0.39 is 11.6 Å². The maximum absolute atomic E-state index is 13.6. The average molecular weight is 396 g/mol. The molecule has 0 bridgehead atoms. The molecule has 106 valence electrons. The van der Waals surface area contributed by atoms with Gasteiger partial charge in [0.2, 0.25) is 0 Å². The Morgan fingerprint density at radius 3 is 2.71 bits per heavy atom. The number of hydrogen-bond acceptors (Lipinski definition) is 1. The fourth-order valence-corrected chi connectivity index (χ4v) is 2.65. The molecule has 0 aliphatic rings. The van der Waals surface area contributed by atoms with Crippen molar-refractivity contribution in [2.24, 2.45) is 0 Å². The van der Waals surface area contributed by atoms with Gasteiger partial charge in [0.05, 0.1) is 12.7 Å². The van der Waals surface area contributed by atoms with Crippen molar-refractivity contribution in [2.75, 3.05) is 0 Å². The number of nitrogens with zero attached hydrogens (tertiary/aromatic N) is 2. The lowest BCUT2D eigenvalue weighted by Crippen LogP contribution is -2.02. The van der Waals surface area contributed by atoms with Crippen molar-refractivity contribution in [2.45, 2.75) is 6.54 Å². The predicted octanol–water partition coefficient (Wildman–Crippen LogP) is 4.48. The van der Waals surface area contributed by atoms with Crippen LogP contribution >= 0.6 is 22.6 Å². The second kappa shape index (κ2) is 5.93. The summed E-state index contributed by atoms with van der Waals surface area (Å²) in [4.78, 5) is 0. The molecule has 0 aliphatic heterocycles. The Kier molecular flexibility index (Phi) is 4.01. The van der Waals surface area contributed by atoms with E-state index in [1.165, 1.54) is 6.07 Å². The molecule has 0 unspecified atom stereocenters. The lowest BCUT2D eigenvalue weighted by Gasteiger charge is -2.03. The number of hydrogen-bond donors (Lipinski definition) is 0. The van der Waals surface area contributed by atoms with Gasteiger partial charge in [-0.15, -0.1) is 0 Å². The first-order valence-electron chi connectivity index (χ1n) is 6.34. The highest BCUT2D eigenvalue weighted by atomic mass is 127. The molecule has 0 aliphatic carbocycles. The maximum atomic E-state index is 13.6. The van der Waals surface area contributed by atoms with Gasteiger partial charge in [0.25, 0.3) is 0 Å². The summed E-state index contributed by atoms with van der Waals surface area (Å²) in [5, 5.41) is 4.21. The monoisotopic (exact) mass is 396 g/mol. The Morgan fingerprint density at radius 2 is 1.90 bits per heavy atom. The Morgan fingerprint density at radius 1 is 1.05 bits per heavy atom. The van der Waals surface area contributed by atoms with Crippen LogP contribution in [0.25, 0.3) is 11.1 Å². The zero-order valence-corrected chi connectivity index (χ0v) is 13.1. The third-order valence-corrected chi connectivity index (χ3v) is 3.80. The molecule has 0 fully saturated rings. The summed E-state index contributed by atoms with van der Waals surface area (Å²) in [6.45, 7) is 0.202. The van der Waals surface area contributed by atoms with Crippen molar-refractivity contribution in [3.63, 3.8) is 0 Å². The van der Waals surface area contributed by atoms with Crippen LogP contribution in [-0.2, 0) is 6.54 Å². The summed E-state index contributed by atoms with van der Waals surface area (Å²) in [7, 11) is 0. The largest absolute Gasteiger partial charge is 0.268 e. The molecule has 0 spiro atoms. The Hall–Kier alpha value is -1.76. The van der Waals surface area contributed by atoms with Crippen LogP contribution in [0.4, 0.5) is 8.78 Å². The van der Waals surface area contributed by atoms with Crippen molar-refractivity contribution < 1.29 is 8.78 Å². The van der Waals surface area contributed by atoms with Crippen molar-refractivity contribution in [3.8, 4) is 11.1 Å². The van der Waals surface area contributed by atoms with Gasteiger partial charge in [-0.25, -0.2) is 8.78 Å². The van der Waals surface area contributed by atoms with Crippen molar-refractivity contribution in [3.05, 3.63) is 75.6 Å². The molecule has 3 aromatic rings. The van der Waals surface area contributed by atoms with Gasteiger partial charge in [0.1, 0.15) is 11.6 Å². The summed E-state index contributed by atoms with van der Waals surface area (Å²) >= 11 is 2.25. The molecule has 0 radical (unpaired) electrons. The molecule has 2 aromatic carbocycles. The van der Waals surface area contributed by atoms with Gasteiger partial charge >= 0.3 is 0 Å². The highest BCUT2D eigenvalue weighted by Crippen LogP contribution is 2.21. The minimum atomic E-state index is -0.448. The molecule has 21 heavy (non-hydrogen) atoms. The molecular weight excluding hydrogens is 385 g/mol. The van der Waals surface area contributed by atoms with Gasteiger partial charge in [-0.2, -0.15) is 5.10 Å². The zero-order valence-electron chi connectivity index (χ0n) is 10.9. The summed E-state index contributed by atoms with van der Waals surface area (Å²) in [6, 6.07) is 11.5. The molecule has 5 heteroatoms. The normalized spacial score (nSPS) is 10.8. The summed E-state index contributed by atoms with van der Waals surface area (Å²) in [5.41, 5.74) is 2.28. The lowest BCUT2D eigenvalue weighted by atomic mass is 10.1. The van der Waals surface area contributed by atoms with E-state index in [-0.39, 0.29) is 12.1 Å². The van der Waals surface area contributed by atoms with Crippen LogP contribution in [0.1, 0.15) is 5.56 Å². The van der Waals surface area contributed by atoms with E-state index >= 15 is 0 Å². The first-order chi connectivity index (χ1) is 10.1. The summed E-state index contributed by atoms with van der Waals surface area (Å²) in [5.74, 6) is -0.876. The van der Waals surface area contributed by atoms with Gasteiger partial charge < -0.3 is 0 Å². The second-order valence-electron chi connectivity index (χ2n) is 4.67. The maximum Gasteiger partial charge on any atom is 0.128 e. The van der Waals surface area contributed by atoms with E-state index in [1.807, 2.05) is 30.5 Å². The van der Waals surface area contributed by atoms with E-state index in [0.29, 0.717) is 0 Å². The SMILES string of the molecule is Fc1ccc(F)c(Cn2cc(-c3cccc(I)c3)cn2)c1. The molecule has 0 atom stereocenters. The molecule has 2 nitrogen and oxygen atoms in total. The van der Waals surface area contributed by atoms with Crippen LogP contribution in [0.3, 0.4) is 0 Å². The number of rotatable bonds is 3. The summed E-state index contributed by atoms with van der Waals surface area (Å²) < 4.78 is 29.5. The zero-order chi connectivity index (χ0) is 14.8. The third-order valence-electron chi connectivity index (χ3n) is 3.13. The Labute approximate surface area is 134 Å². The van der Waals surface area contributed by atoms with E-state index in [4.69, 9.17) is 0 Å². The quantitative estimate of drug-likeness (QED) is 0.597. The highest BCUT2D eigenvalue weighted by Gasteiger charge is 2.07. The fourth-order valence-electron chi connectivity index (χ4n) is 2.11. The van der Waals surface area contributed by atoms with Gasteiger partial charge in [-0.3, -0.25) is 4.68 Å². The van der Waals surface area contributed by atoms with Crippen molar-refractivity contribution in [1.82, 2.24) is 9.78 Å². The van der Waals surface area contributed by atoms with Crippen LogP contribution < -0.4 is 0 Å². The molecule has 0 saturated heterocycles. The minimum Gasteiger partial charge on any atom is -0.268 e.